The Bertz CT molecular complexity index is 1550. The number of hydrogen-bond donors (Lipinski definition) is 1. The van der Waals surface area contributed by atoms with Gasteiger partial charge in [0.05, 0.1) is 14.2 Å². The van der Waals surface area contributed by atoms with E-state index in [0.29, 0.717) is 31.6 Å². The van der Waals surface area contributed by atoms with E-state index in [1.807, 2.05) is 72.8 Å². The molecule has 4 rings (SSSR count). The van der Waals surface area contributed by atoms with Gasteiger partial charge in [-0.2, -0.15) is 9.13 Å². The SMILES string of the molecule is COc1ccc(/C=C/c2cccc[n+]2CCCC(=O)CCCSSCCNC(=O)CCC[n+]2ccccc2/C=C/c2ccc(OC)cc2)cc1. The van der Waals surface area contributed by atoms with Crippen LogP contribution in [-0.2, 0) is 22.7 Å². The number of pyridine rings is 2. The Kier molecular flexibility index (Phi) is 17.2. The van der Waals surface area contributed by atoms with Crippen LogP contribution < -0.4 is 23.9 Å². The minimum absolute atomic E-state index is 0.0853. The third kappa shape index (κ3) is 14.3. The summed E-state index contributed by atoms with van der Waals surface area (Å²) >= 11 is 0. The van der Waals surface area contributed by atoms with E-state index in [2.05, 4.69) is 63.3 Å². The van der Waals surface area contributed by atoms with Gasteiger partial charge in [-0.1, -0.05) is 45.9 Å². The maximum atomic E-state index is 12.5. The van der Waals surface area contributed by atoms with Gasteiger partial charge in [0.2, 0.25) is 17.3 Å². The Morgan fingerprint density at radius 3 is 1.66 bits per heavy atom. The molecule has 0 aliphatic carbocycles. The number of amides is 1. The molecule has 1 N–H and O–H groups in total. The lowest BCUT2D eigenvalue weighted by molar-refractivity contribution is -0.699. The summed E-state index contributed by atoms with van der Waals surface area (Å²) in [6.07, 6.45) is 16.7. The molecule has 0 atom stereocenters. The van der Waals surface area contributed by atoms with Crippen LogP contribution in [0.2, 0.25) is 0 Å². The molecule has 9 heteroatoms. The van der Waals surface area contributed by atoms with Crippen molar-refractivity contribution < 1.29 is 28.2 Å². The van der Waals surface area contributed by atoms with Crippen molar-refractivity contribution in [3.05, 3.63) is 120 Å². The lowest BCUT2D eigenvalue weighted by atomic mass is 10.1. The number of aryl methyl sites for hydroxylation is 2. The molecule has 2 heterocycles. The van der Waals surface area contributed by atoms with Gasteiger partial charge in [0.1, 0.15) is 30.4 Å². The molecule has 2 aromatic heterocycles. The third-order valence-corrected chi connectivity index (χ3v) is 10.5. The fourth-order valence-electron chi connectivity index (χ4n) is 5.23. The number of Topliss-reactive ketones (excluding diaryl/α,β-unsaturated/α-hetero) is 1. The number of rotatable bonds is 22. The Hall–Kier alpha value is -4.34. The summed E-state index contributed by atoms with van der Waals surface area (Å²) < 4.78 is 14.8. The highest BCUT2D eigenvalue weighted by molar-refractivity contribution is 8.76. The minimum atomic E-state index is 0.0853. The zero-order valence-corrected chi connectivity index (χ0v) is 30.8. The smallest absolute Gasteiger partial charge is 0.220 e. The zero-order valence-electron chi connectivity index (χ0n) is 29.2. The Morgan fingerprint density at radius 2 is 1.12 bits per heavy atom. The van der Waals surface area contributed by atoms with Gasteiger partial charge in [0.25, 0.3) is 0 Å². The van der Waals surface area contributed by atoms with Crippen molar-refractivity contribution in [1.29, 1.82) is 0 Å². The molecule has 1 amide bonds. The average Bonchev–Trinajstić information content (AvgIpc) is 3.15. The van der Waals surface area contributed by atoms with Crippen LogP contribution in [0.15, 0.2) is 97.3 Å². The van der Waals surface area contributed by atoms with E-state index < -0.39 is 0 Å². The van der Waals surface area contributed by atoms with Crippen molar-refractivity contribution >= 4 is 57.6 Å². The van der Waals surface area contributed by atoms with Crippen molar-refractivity contribution in [2.24, 2.45) is 0 Å². The molecule has 0 aliphatic heterocycles. The number of benzene rings is 2. The van der Waals surface area contributed by atoms with E-state index in [0.717, 1.165) is 77.9 Å². The Labute approximate surface area is 305 Å². The molecule has 0 unspecified atom stereocenters. The van der Waals surface area contributed by atoms with Crippen LogP contribution in [0, 0.1) is 0 Å². The van der Waals surface area contributed by atoms with Gasteiger partial charge >= 0.3 is 0 Å². The van der Waals surface area contributed by atoms with Gasteiger partial charge in [-0.05, 0) is 66.1 Å². The van der Waals surface area contributed by atoms with Crippen LogP contribution in [0.25, 0.3) is 24.3 Å². The summed E-state index contributed by atoms with van der Waals surface area (Å²) in [7, 11) is 6.86. The largest absolute Gasteiger partial charge is 0.497 e. The molecule has 0 bridgehead atoms. The van der Waals surface area contributed by atoms with Gasteiger partial charge in [-0.25, -0.2) is 0 Å². The normalized spacial score (nSPS) is 11.2. The first-order valence-electron chi connectivity index (χ1n) is 17.2. The van der Waals surface area contributed by atoms with E-state index in [1.165, 1.54) is 0 Å². The van der Waals surface area contributed by atoms with Crippen LogP contribution in [0.3, 0.4) is 0 Å². The summed E-state index contributed by atoms with van der Waals surface area (Å²) in [5.41, 5.74) is 4.41. The first-order valence-corrected chi connectivity index (χ1v) is 19.7. The number of nitrogens with zero attached hydrogens (tertiary/aromatic N) is 2. The van der Waals surface area contributed by atoms with E-state index >= 15 is 0 Å². The highest BCUT2D eigenvalue weighted by atomic mass is 33.1. The van der Waals surface area contributed by atoms with Crippen LogP contribution in [0.4, 0.5) is 0 Å². The summed E-state index contributed by atoms with van der Waals surface area (Å²) in [6.45, 7) is 2.23. The first-order chi connectivity index (χ1) is 24.5. The highest BCUT2D eigenvalue weighted by Crippen LogP contribution is 2.22. The molecule has 262 valence electrons. The summed E-state index contributed by atoms with van der Waals surface area (Å²) in [4.78, 5) is 24.9. The van der Waals surface area contributed by atoms with Gasteiger partial charge in [0, 0.05) is 86.6 Å². The fourth-order valence-corrected chi connectivity index (χ4v) is 7.22. The van der Waals surface area contributed by atoms with E-state index in [-0.39, 0.29) is 5.91 Å². The Balaban J connectivity index is 1.02. The standard InChI is InChI=1S/C41H48N3O4S2/c1-47-39-23-17-34(18-24-39)15-21-36-10-3-5-28-43(36)30-7-12-38(45)13-9-32-49-50-33-27-42-41(46)14-8-31-44-29-6-4-11-37(44)22-16-35-19-25-40(48-2)26-20-35/h3-6,10-11,15-26,28-29H,7-9,12-14,27,30-33H2,1-2H3/q+1/p+1/b21-15+,22-16+. The summed E-state index contributed by atoms with van der Waals surface area (Å²) in [5.74, 6) is 3.87. The molecule has 0 aliphatic rings. The third-order valence-electron chi connectivity index (χ3n) is 8.01. The summed E-state index contributed by atoms with van der Waals surface area (Å²) in [5, 5.41) is 3.04. The van der Waals surface area contributed by atoms with Gasteiger partial charge < -0.3 is 14.8 Å². The second-order valence-electron chi connectivity index (χ2n) is 11.7. The first kappa shape index (κ1) is 38.5. The van der Waals surface area contributed by atoms with Crippen LogP contribution in [0.5, 0.6) is 11.5 Å². The van der Waals surface area contributed by atoms with Crippen molar-refractivity contribution in [2.45, 2.75) is 51.6 Å². The highest BCUT2D eigenvalue weighted by Gasteiger charge is 2.10. The second kappa shape index (κ2) is 22.4. The number of ketones is 1. The van der Waals surface area contributed by atoms with Crippen molar-refractivity contribution in [3.8, 4) is 11.5 Å². The molecule has 50 heavy (non-hydrogen) atoms. The van der Waals surface area contributed by atoms with Crippen LogP contribution in [0.1, 0.15) is 61.0 Å². The van der Waals surface area contributed by atoms with Crippen LogP contribution >= 0.6 is 21.6 Å². The van der Waals surface area contributed by atoms with Crippen molar-refractivity contribution in [2.75, 3.05) is 32.3 Å². The lowest BCUT2D eigenvalue weighted by Crippen LogP contribution is -2.37. The second-order valence-corrected chi connectivity index (χ2v) is 14.4. The topological polar surface area (TPSA) is 72.4 Å². The molecular weight excluding hydrogens is 663 g/mol. The van der Waals surface area contributed by atoms with Gasteiger partial charge in [-0.3, -0.25) is 9.59 Å². The van der Waals surface area contributed by atoms with E-state index in [9.17, 15) is 9.59 Å². The zero-order chi connectivity index (χ0) is 35.2. The molecule has 0 saturated heterocycles. The molecule has 7 nitrogen and oxygen atoms in total. The van der Waals surface area contributed by atoms with Gasteiger partial charge in [0.15, 0.2) is 12.4 Å². The predicted molar refractivity (Wildman–Crippen MR) is 208 cm³/mol. The van der Waals surface area contributed by atoms with Gasteiger partial charge in [-0.15, -0.1) is 0 Å². The average molecular weight is 712 g/mol. The minimum Gasteiger partial charge on any atom is -0.497 e. The maximum absolute atomic E-state index is 12.5. The number of hydrogen-bond acceptors (Lipinski definition) is 6. The number of nitrogens with one attached hydrogen (secondary N) is 1. The van der Waals surface area contributed by atoms with Crippen LogP contribution in [-0.4, -0.2) is 44.0 Å². The molecular formula is C41H49N3O4S2+2. The Morgan fingerprint density at radius 1 is 0.620 bits per heavy atom. The summed E-state index contributed by atoms with van der Waals surface area (Å²) in [6, 6.07) is 28.2. The van der Waals surface area contributed by atoms with Crippen molar-refractivity contribution in [3.63, 3.8) is 0 Å². The molecule has 0 radical (unpaired) electrons. The number of carbonyl (C=O) groups excluding carboxylic acids is 2. The molecule has 0 spiro atoms. The number of carbonyl (C=O) groups is 2. The van der Waals surface area contributed by atoms with E-state index in [4.69, 9.17) is 9.47 Å². The molecule has 0 saturated carbocycles. The lowest BCUT2D eigenvalue weighted by Gasteiger charge is -2.05. The number of aromatic nitrogens is 2. The molecule has 0 fully saturated rings. The fraction of sp³-hybridized carbons (Fsp3) is 0.317. The predicted octanol–water partition coefficient (Wildman–Crippen LogP) is 7.73. The molecule has 2 aromatic carbocycles. The molecule has 4 aromatic rings. The monoisotopic (exact) mass is 711 g/mol. The maximum Gasteiger partial charge on any atom is 0.220 e. The van der Waals surface area contributed by atoms with E-state index in [1.54, 1.807) is 35.8 Å². The quantitative estimate of drug-likeness (QED) is 0.0512. The number of methoxy groups -OCH3 is 2. The van der Waals surface area contributed by atoms with Crippen molar-refractivity contribution in [1.82, 2.24) is 5.32 Å². The number of ether oxygens (including phenoxy) is 2.